The van der Waals surface area contributed by atoms with Crippen LogP contribution in [0.5, 0.6) is 0 Å². The molecule has 0 aliphatic rings. The third-order valence-corrected chi connectivity index (χ3v) is 2.98. The highest BCUT2D eigenvalue weighted by atomic mass is 16.6. The molecule has 106 valence electrons. The zero-order chi connectivity index (χ0) is 15.5. The molecule has 0 radical (unpaired) electrons. The van der Waals surface area contributed by atoms with Crippen molar-refractivity contribution >= 4 is 17.5 Å². The largest absolute Gasteiger partial charge is 0.480 e. The molecule has 8 heteroatoms. The Morgan fingerprint density at radius 3 is 2.65 bits per heavy atom. The molecule has 8 nitrogen and oxygen atoms in total. The summed E-state index contributed by atoms with van der Waals surface area (Å²) in [5.74, 6) is -1.26. The second-order valence-electron chi connectivity index (χ2n) is 4.51. The van der Waals surface area contributed by atoms with Gasteiger partial charge in [0, 0.05) is 12.7 Å². The van der Waals surface area contributed by atoms with E-state index in [0.717, 1.165) is 0 Å². The molecule has 0 fully saturated rings. The number of hydrogen-bond donors (Lipinski definition) is 1. The van der Waals surface area contributed by atoms with E-state index in [4.69, 9.17) is 5.26 Å². The first-order chi connectivity index (χ1) is 9.27. The second-order valence-corrected chi connectivity index (χ2v) is 4.51. The molecule has 0 saturated carbocycles. The number of carboxylic acid groups (broad SMARTS) is 1. The second kappa shape index (κ2) is 5.52. The molecule has 1 heterocycles. The predicted molar refractivity (Wildman–Crippen MR) is 70.3 cm³/mol. The van der Waals surface area contributed by atoms with Crippen molar-refractivity contribution in [2.24, 2.45) is 0 Å². The Morgan fingerprint density at radius 1 is 1.65 bits per heavy atom. The fourth-order valence-corrected chi connectivity index (χ4v) is 1.84. The number of rotatable bonds is 5. The topological polar surface area (TPSA) is 120 Å². The highest BCUT2D eigenvalue weighted by Crippen LogP contribution is 2.33. The summed E-state index contributed by atoms with van der Waals surface area (Å²) in [6, 6.07) is 2.95. The average molecular weight is 278 g/mol. The van der Waals surface area contributed by atoms with Gasteiger partial charge in [-0.25, -0.2) is 9.78 Å². The Morgan fingerprint density at radius 2 is 2.25 bits per heavy atom. The zero-order valence-corrected chi connectivity index (χ0v) is 11.3. The van der Waals surface area contributed by atoms with Gasteiger partial charge in [0.15, 0.2) is 0 Å². The van der Waals surface area contributed by atoms with E-state index in [1.807, 2.05) is 0 Å². The van der Waals surface area contributed by atoms with Crippen LogP contribution in [0.4, 0.5) is 11.5 Å². The van der Waals surface area contributed by atoms with E-state index in [9.17, 15) is 20.0 Å². The van der Waals surface area contributed by atoms with Crippen LogP contribution in [0.15, 0.2) is 12.3 Å². The number of anilines is 1. The minimum atomic E-state index is -1.39. The van der Waals surface area contributed by atoms with Crippen LogP contribution in [0.1, 0.15) is 26.3 Å². The summed E-state index contributed by atoms with van der Waals surface area (Å²) in [5.41, 5.74) is -2.02. The van der Waals surface area contributed by atoms with Crippen LogP contribution >= 0.6 is 0 Å². The minimum Gasteiger partial charge on any atom is -0.480 e. The Kier molecular flexibility index (Phi) is 4.24. The van der Waals surface area contributed by atoms with Crippen LogP contribution in [0.25, 0.3) is 0 Å². The van der Waals surface area contributed by atoms with Crippen molar-refractivity contribution in [2.75, 3.05) is 11.4 Å². The lowest BCUT2D eigenvalue weighted by molar-refractivity contribution is -0.384. The summed E-state index contributed by atoms with van der Waals surface area (Å²) in [6.45, 7) is 4.70. The molecule has 1 aromatic rings. The van der Waals surface area contributed by atoms with Crippen molar-refractivity contribution < 1.29 is 14.8 Å². The van der Waals surface area contributed by atoms with E-state index in [0.29, 0.717) is 0 Å². The fraction of sp³-hybridized carbons (Fsp3) is 0.417. The van der Waals surface area contributed by atoms with Crippen LogP contribution in [-0.4, -0.2) is 33.1 Å². The lowest BCUT2D eigenvalue weighted by atomic mass is 10.0. The number of nitrogens with zero attached hydrogens (tertiary/aromatic N) is 4. The monoisotopic (exact) mass is 278 g/mol. The van der Waals surface area contributed by atoms with Crippen molar-refractivity contribution in [1.29, 1.82) is 5.26 Å². The third-order valence-electron chi connectivity index (χ3n) is 2.98. The van der Waals surface area contributed by atoms with E-state index in [1.165, 1.54) is 31.0 Å². The molecule has 0 bridgehead atoms. The van der Waals surface area contributed by atoms with E-state index >= 15 is 0 Å². The quantitative estimate of drug-likeness (QED) is 0.640. The van der Waals surface area contributed by atoms with Gasteiger partial charge < -0.3 is 10.0 Å². The van der Waals surface area contributed by atoms with Crippen molar-refractivity contribution in [3.05, 3.63) is 27.9 Å². The molecular formula is C12H14N4O4. The van der Waals surface area contributed by atoms with Crippen molar-refractivity contribution in [3.8, 4) is 6.07 Å². The first kappa shape index (κ1) is 15.4. The Balaban J connectivity index is 3.56. The van der Waals surface area contributed by atoms with E-state index in [1.54, 1.807) is 13.0 Å². The maximum atomic E-state index is 11.3. The Labute approximate surface area is 115 Å². The molecule has 20 heavy (non-hydrogen) atoms. The number of carboxylic acids is 1. The molecular weight excluding hydrogens is 264 g/mol. The van der Waals surface area contributed by atoms with Crippen LogP contribution in [0.3, 0.4) is 0 Å². The van der Waals surface area contributed by atoms with Crippen LogP contribution in [0.2, 0.25) is 0 Å². The highest BCUT2D eigenvalue weighted by Gasteiger charge is 2.38. The summed E-state index contributed by atoms with van der Waals surface area (Å²) in [6.07, 6.45) is 1.25. The summed E-state index contributed by atoms with van der Waals surface area (Å²) in [5, 5.41) is 29.4. The van der Waals surface area contributed by atoms with Crippen LogP contribution in [-0.2, 0) is 4.79 Å². The first-order valence-electron chi connectivity index (χ1n) is 5.81. The van der Waals surface area contributed by atoms with Gasteiger partial charge in [-0.2, -0.15) is 5.26 Å². The molecule has 0 aliphatic heterocycles. The normalized spacial score (nSPS) is 10.7. The van der Waals surface area contributed by atoms with Gasteiger partial charge in [-0.15, -0.1) is 0 Å². The Hall–Kier alpha value is -2.69. The number of nitro groups is 1. The van der Waals surface area contributed by atoms with Gasteiger partial charge in [-0.3, -0.25) is 10.1 Å². The smallest absolute Gasteiger partial charge is 0.329 e. The number of carbonyl (C=O) groups is 1. The molecule has 0 unspecified atom stereocenters. The average Bonchev–Trinajstić information content (AvgIpc) is 2.38. The van der Waals surface area contributed by atoms with Gasteiger partial charge in [-0.1, -0.05) is 0 Å². The van der Waals surface area contributed by atoms with Gasteiger partial charge in [-0.05, 0) is 26.8 Å². The standard InChI is InChI=1S/C12H14N4O4/c1-4-15(12(2,3)11(17)18)10-9(16(19)20)8(7-13)5-6-14-10/h5-6H,4H2,1-3H3,(H,17,18). The van der Waals surface area contributed by atoms with Gasteiger partial charge >= 0.3 is 11.7 Å². The summed E-state index contributed by atoms with van der Waals surface area (Å²) in [4.78, 5) is 26.9. The molecule has 1 rings (SSSR count). The van der Waals surface area contributed by atoms with E-state index < -0.39 is 22.1 Å². The Bertz CT molecular complexity index is 592. The van der Waals surface area contributed by atoms with Gasteiger partial charge in [0.1, 0.15) is 17.2 Å². The highest BCUT2D eigenvalue weighted by molar-refractivity contribution is 5.83. The molecule has 0 atom stereocenters. The van der Waals surface area contributed by atoms with Gasteiger partial charge in [0.2, 0.25) is 5.82 Å². The summed E-state index contributed by atoms with van der Waals surface area (Å²) in [7, 11) is 0. The molecule has 0 saturated heterocycles. The maximum absolute atomic E-state index is 11.3. The zero-order valence-electron chi connectivity index (χ0n) is 11.3. The third kappa shape index (κ3) is 2.51. The van der Waals surface area contributed by atoms with Gasteiger partial charge in [0.25, 0.3) is 0 Å². The molecule has 0 spiro atoms. The number of hydrogen-bond acceptors (Lipinski definition) is 6. The van der Waals surface area contributed by atoms with Gasteiger partial charge in [0.05, 0.1) is 4.92 Å². The van der Waals surface area contributed by atoms with Crippen molar-refractivity contribution in [2.45, 2.75) is 26.3 Å². The molecule has 0 aromatic carbocycles. The van der Waals surface area contributed by atoms with Crippen molar-refractivity contribution in [1.82, 2.24) is 4.98 Å². The number of likely N-dealkylation sites (N-methyl/N-ethyl adjacent to an activating group) is 1. The summed E-state index contributed by atoms with van der Waals surface area (Å²) >= 11 is 0. The SMILES string of the molecule is CCN(c1nccc(C#N)c1[N+](=O)[O-])C(C)(C)C(=O)O. The summed E-state index contributed by atoms with van der Waals surface area (Å²) < 4.78 is 0. The molecule has 0 amide bonds. The lowest BCUT2D eigenvalue weighted by Crippen LogP contribution is -2.51. The molecule has 0 aliphatic carbocycles. The number of nitriles is 1. The number of pyridine rings is 1. The van der Waals surface area contributed by atoms with Crippen LogP contribution < -0.4 is 4.90 Å². The predicted octanol–water partition coefficient (Wildman–Crippen LogP) is 1.55. The minimum absolute atomic E-state index is 0.121. The number of aliphatic carboxylic acids is 1. The number of aromatic nitrogens is 1. The lowest BCUT2D eigenvalue weighted by Gasteiger charge is -2.34. The van der Waals surface area contributed by atoms with E-state index in [2.05, 4.69) is 4.98 Å². The molecule has 1 N–H and O–H groups in total. The van der Waals surface area contributed by atoms with E-state index in [-0.39, 0.29) is 17.9 Å². The fourth-order valence-electron chi connectivity index (χ4n) is 1.84. The van der Waals surface area contributed by atoms with Crippen LogP contribution in [0, 0.1) is 21.4 Å². The van der Waals surface area contributed by atoms with Crippen molar-refractivity contribution in [3.63, 3.8) is 0 Å². The maximum Gasteiger partial charge on any atom is 0.329 e. The molecule has 1 aromatic heterocycles. The first-order valence-corrected chi connectivity index (χ1v) is 5.81.